The van der Waals surface area contributed by atoms with Crippen molar-refractivity contribution in [3.63, 3.8) is 0 Å². The molecule has 7 nitrogen and oxygen atoms in total. The number of aryl methyl sites for hydroxylation is 2. The van der Waals surface area contributed by atoms with Gasteiger partial charge in [-0.15, -0.1) is 0 Å². The van der Waals surface area contributed by atoms with Crippen molar-refractivity contribution in [2.75, 3.05) is 13.1 Å². The predicted molar refractivity (Wildman–Crippen MR) is 84.3 cm³/mol. The van der Waals surface area contributed by atoms with E-state index in [2.05, 4.69) is 15.1 Å². The first-order valence-corrected chi connectivity index (χ1v) is 7.78. The van der Waals surface area contributed by atoms with Crippen molar-refractivity contribution in [3.05, 3.63) is 35.5 Å². The van der Waals surface area contributed by atoms with Crippen LogP contribution in [0.2, 0.25) is 0 Å². The van der Waals surface area contributed by atoms with E-state index in [0.717, 1.165) is 29.8 Å². The van der Waals surface area contributed by atoms with Gasteiger partial charge in [-0.1, -0.05) is 0 Å². The third-order valence-electron chi connectivity index (χ3n) is 4.29. The fraction of sp³-hybridized carbons (Fsp3) is 0.500. The Morgan fingerprint density at radius 1 is 1.30 bits per heavy atom. The number of piperidine rings is 1. The predicted octanol–water partition coefficient (Wildman–Crippen LogP) is 1.51. The normalized spacial score (nSPS) is 15.7. The Labute approximate surface area is 135 Å². The van der Waals surface area contributed by atoms with Crippen molar-refractivity contribution in [1.29, 1.82) is 0 Å². The van der Waals surface area contributed by atoms with Gasteiger partial charge in [-0.05, 0) is 13.8 Å². The minimum absolute atomic E-state index is 0.0635. The molecular formula is C16H21N5O2. The van der Waals surface area contributed by atoms with Crippen molar-refractivity contribution in [2.24, 2.45) is 7.05 Å². The van der Waals surface area contributed by atoms with Crippen molar-refractivity contribution in [1.82, 2.24) is 24.6 Å². The number of hydrogen-bond acceptors (Lipinski definition) is 5. The molecule has 1 aliphatic rings. The van der Waals surface area contributed by atoms with Crippen molar-refractivity contribution in [2.45, 2.75) is 32.8 Å². The summed E-state index contributed by atoms with van der Waals surface area (Å²) < 4.78 is 7.59. The lowest BCUT2D eigenvalue weighted by atomic mass is 10.1. The fourth-order valence-corrected chi connectivity index (χ4v) is 2.94. The smallest absolute Gasteiger partial charge is 0.257 e. The lowest BCUT2D eigenvalue weighted by molar-refractivity contribution is 0.0586. The molecule has 122 valence electrons. The van der Waals surface area contributed by atoms with Gasteiger partial charge in [-0.25, -0.2) is 9.97 Å². The van der Waals surface area contributed by atoms with Gasteiger partial charge in [0.25, 0.3) is 5.91 Å². The fourth-order valence-electron chi connectivity index (χ4n) is 2.94. The zero-order valence-corrected chi connectivity index (χ0v) is 13.7. The van der Waals surface area contributed by atoms with Gasteiger partial charge >= 0.3 is 0 Å². The summed E-state index contributed by atoms with van der Waals surface area (Å²) in [7, 11) is 1.86. The Hall–Kier alpha value is -2.44. The van der Waals surface area contributed by atoms with Crippen molar-refractivity contribution in [3.8, 4) is 5.88 Å². The summed E-state index contributed by atoms with van der Waals surface area (Å²) in [6, 6.07) is 1.75. The van der Waals surface area contributed by atoms with E-state index >= 15 is 0 Å². The van der Waals surface area contributed by atoms with Crippen LogP contribution < -0.4 is 4.74 Å². The first-order valence-electron chi connectivity index (χ1n) is 7.78. The molecule has 0 bridgehead atoms. The average molecular weight is 315 g/mol. The van der Waals surface area contributed by atoms with E-state index in [1.54, 1.807) is 16.9 Å². The average Bonchev–Trinajstić information content (AvgIpc) is 2.81. The van der Waals surface area contributed by atoms with Gasteiger partial charge in [0.05, 0.1) is 11.3 Å². The van der Waals surface area contributed by atoms with E-state index in [1.165, 1.54) is 6.33 Å². The number of nitrogens with zero attached hydrogens (tertiary/aromatic N) is 5. The Balaban J connectivity index is 1.61. The second kappa shape index (κ2) is 6.36. The highest BCUT2D eigenvalue weighted by Gasteiger charge is 2.28. The summed E-state index contributed by atoms with van der Waals surface area (Å²) >= 11 is 0. The van der Waals surface area contributed by atoms with Crippen LogP contribution in [0.15, 0.2) is 18.6 Å². The molecular weight excluding hydrogens is 294 g/mol. The van der Waals surface area contributed by atoms with Crippen LogP contribution in [-0.4, -0.2) is 49.7 Å². The van der Waals surface area contributed by atoms with E-state index in [-0.39, 0.29) is 12.0 Å². The molecule has 0 saturated carbocycles. The Kier molecular flexibility index (Phi) is 4.27. The molecule has 0 spiro atoms. The van der Waals surface area contributed by atoms with Crippen LogP contribution >= 0.6 is 0 Å². The van der Waals surface area contributed by atoms with Crippen LogP contribution in [0.1, 0.15) is 34.6 Å². The molecule has 2 aromatic heterocycles. The van der Waals surface area contributed by atoms with E-state index in [9.17, 15) is 4.79 Å². The summed E-state index contributed by atoms with van der Waals surface area (Å²) in [6.45, 7) is 5.17. The van der Waals surface area contributed by atoms with Crippen LogP contribution in [0.4, 0.5) is 0 Å². The molecule has 1 fully saturated rings. The molecule has 7 heteroatoms. The van der Waals surface area contributed by atoms with Gasteiger partial charge in [-0.2, -0.15) is 5.10 Å². The second-order valence-electron chi connectivity index (χ2n) is 5.83. The first kappa shape index (κ1) is 15.5. The molecule has 0 N–H and O–H groups in total. The van der Waals surface area contributed by atoms with Crippen LogP contribution in [0, 0.1) is 13.8 Å². The van der Waals surface area contributed by atoms with Crippen LogP contribution in [0.3, 0.4) is 0 Å². The standard InChI is InChI=1S/C16H21N5O2/c1-11-15(12(2)20(3)19-11)16(22)21-8-5-13(6-9-21)23-14-4-7-17-10-18-14/h4,7,10,13H,5-6,8-9H2,1-3H3. The van der Waals surface area contributed by atoms with Gasteiger partial charge in [0, 0.05) is 50.9 Å². The molecule has 3 heterocycles. The Morgan fingerprint density at radius 2 is 2.04 bits per heavy atom. The number of ether oxygens (including phenoxy) is 1. The summed E-state index contributed by atoms with van der Waals surface area (Å²) in [4.78, 5) is 22.6. The zero-order valence-electron chi connectivity index (χ0n) is 13.7. The Bertz CT molecular complexity index is 690. The number of amides is 1. The van der Waals surface area contributed by atoms with E-state index in [4.69, 9.17) is 4.74 Å². The maximum absolute atomic E-state index is 12.7. The van der Waals surface area contributed by atoms with E-state index in [1.807, 2.05) is 25.8 Å². The second-order valence-corrected chi connectivity index (χ2v) is 5.83. The number of carbonyl (C=O) groups excluding carboxylic acids is 1. The molecule has 3 rings (SSSR count). The molecule has 0 aliphatic carbocycles. The van der Waals surface area contributed by atoms with Gasteiger partial charge in [-0.3, -0.25) is 9.48 Å². The van der Waals surface area contributed by atoms with Crippen LogP contribution in [0.25, 0.3) is 0 Å². The molecule has 0 aromatic carbocycles. The lowest BCUT2D eigenvalue weighted by Crippen LogP contribution is -2.42. The highest BCUT2D eigenvalue weighted by Crippen LogP contribution is 2.20. The highest BCUT2D eigenvalue weighted by atomic mass is 16.5. The van der Waals surface area contributed by atoms with Gasteiger partial charge in [0.1, 0.15) is 12.4 Å². The molecule has 2 aromatic rings. The SMILES string of the molecule is Cc1nn(C)c(C)c1C(=O)N1CCC(Oc2ccncn2)CC1. The highest BCUT2D eigenvalue weighted by molar-refractivity contribution is 5.96. The first-order chi connectivity index (χ1) is 11.1. The summed E-state index contributed by atoms with van der Waals surface area (Å²) in [5.74, 6) is 0.650. The van der Waals surface area contributed by atoms with Gasteiger partial charge < -0.3 is 9.64 Å². The largest absolute Gasteiger partial charge is 0.474 e. The maximum Gasteiger partial charge on any atom is 0.257 e. The zero-order chi connectivity index (χ0) is 16.4. The monoisotopic (exact) mass is 315 g/mol. The van der Waals surface area contributed by atoms with Gasteiger partial charge in [0.15, 0.2) is 0 Å². The minimum Gasteiger partial charge on any atom is -0.474 e. The maximum atomic E-state index is 12.7. The molecule has 23 heavy (non-hydrogen) atoms. The summed E-state index contributed by atoms with van der Waals surface area (Å²) in [6.07, 6.45) is 4.82. The van der Waals surface area contributed by atoms with Crippen LogP contribution in [0.5, 0.6) is 5.88 Å². The van der Waals surface area contributed by atoms with Gasteiger partial charge in [0.2, 0.25) is 5.88 Å². The lowest BCUT2D eigenvalue weighted by Gasteiger charge is -2.32. The minimum atomic E-state index is 0.0635. The molecule has 0 unspecified atom stereocenters. The topological polar surface area (TPSA) is 73.1 Å². The van der Waals surface area contributed by atoms with Crippen molar-refractivity contribution < 1.29 is 9.53 Å². The quantitative estimate of drug-likeness (QED) is 0.858. The van der Waals surface area contributed by atoms with Crippen LogP contribution in [-0.2, 0) is 7.05 Å². The Morgan fingerprint density at radius 3 is 2.61 bits per heavy atom. The molecule has 1 amide bonds. The molecule has 1 aliphatic heterocycles. The number of carbonyl (C=O) groups is 1. The van der Waals surface area contributed by atoms with Crippen molar-refractivity contribution >= 4 is 5.91 Å². The summed E-state index contributed by atoms with van der Waals surface area (Å²) in [5, 5.41) is 4.33. The molecule has 1 saturated heterocycles. The number of rotatable bonds is 3. The third-order valence-corrected chi connectivity index (χ3v) is 4.29. The van der Waals surface area contributed by atoms with E-state index < -0.39 is 0 Å². The number of hydrogen-bond donors (Lipinski definition) is 0. The third kappa shape index (κ3) is 3.18. The molecule has 0 radical (unpaired) electrons. The number of likely N-dealkylation sites (tertiary alicyclic amines) is 1. The summed E-state index contributed by atoms with van der Waals surface area (Å²) in [5.41, 5.74) is 2.42. The number of aromatic nitrogens is 4. The van der Waals surface area contributed by atoms with E-state index in [0.29, 0.717) is 19.0 Å². The molecule has 0 atom stereocenters.